The van der Waals surface area contributed by atoms with Gasteiger partial charge in [0.15, 0.2) is 0 Å². The monoisotopic (exact) mass is 418 g/mol. The topological polar surface area (TPSA) is 75.7 Å². The summed E-state index contributed by atoms with van der Waals surface area (Å²) in [5.74, 6) is -2.50. The quantitative estimate of drug-likeness (QED) is 0.748. The number of carbonyl (C=O) groups is 1. The lowest BCUT2D eigenvalue weighted by molar-refractivity contribution is -0.116. The largest absolute Gasteiger partial charge is 0.492 e. The van der Waals surface area contributed by atoms with E-state index in [9.17, 15) is 22.0 Å². The molecule has 146 valence electrons. The van der Waals surface area contributed by atoms with Gasteiger partial charge in [-0.2, -0.15) is 4.31 Å². The van der Waals surface area contributed by atoms with Crippen LogP contribution in [0.5, 0.6) is 5.75 Å². The molecule has 0 saturated carbocycles. The van der Waals surface area contributed by atoms with Crippen LogP contribution in [-0.2, 0) is 14.8 Å². The van der Waals surface area contributed by atoms with Crippen LogP contribution in [0.3, 0.4) is 0 Å². The van der Waals surface area contributed by atoms with E-state index >= 15 is 0 Å². The third-order valence-corrected chi connectivity index (χ3v) is 5.60. The van der Waals surface area contributed by atoms with Gasteiger partial charge >= 0.3 is 0 Å². The molecule has 0 heterocycles. The summed E-state index contributed by atoms with van der Waals surface area (Å²) in [5, 5.41) is 2.13. The maximum absolute atomic E-state index is 13.6. The third-order valence-electron chi connectivity index (χ3n) is 3.50. The first-order valence-electron chi connectivity index (χ1n) is 7.79. The molecule has 1 amide bonds. The molecule has 0 aliphatic carbocycles. The van der Waals surface area contributed by atoms with Gasteiger partial charge in [0.2, 0.25) is 15.9 Å². The Morgan fingerprint density at radius 2 is 1.85 bits per heavy atom. The third kappa shape index (κ3) is 4.94. The van der Waals surface area contributed by atoms with Gasteiger partial charge in [-0.15, -0.1) is 0 Å². The highest BCUT2D eigenvalue weighted by molar-refractivity contribution is 7.89. The van der Waals surface area contributed by atoms with Gasteiger partial charge in [0.25, 0.3) is 0 Å². The number of halogens is 3. The molecule has 0 aromatic heterocycles. The minimum atomic E-state index is -4.06. The van der Waals surface area contributed by atoms with Gasteiger partial charge in [-0.1, -0.05) is 17.7 Å². The van der Waals surface area contributed by atoms with E-state index in [1.54, 1.807) is 6.92 Å². The van der Waals surface area contributed by atoms with Crippen LogP contribution in [0.1, 0.15) is 6.92 Å². The van der Waals surface area contributed by atoms with E-state index in [1.165, 1.54) is 18.2 Å². The second-order valence-electron chi connectivity index (χ2n) is 5.43. The fraction of sp³-hybridized carbons (Fsp3) is 0.235. The molecule has 2 aromatic carbocycles. The number of nitrogens with zero attached hydrogens (tertiary/aromatic N) is 1. The number of rotatable bonds is 7. The fourth-order valence-electron chi connectivity index (χ4n) is 2.18. The maximum Gasteiger partial charge on any atom is 0.243 e. The molecule has 1 N–H and O–H groups in total. The van der Waals surface area contributed by atoms with E-state index in [-0.39, 0.29) is 9.92 Å². The summed E-state index contributed by atoms with van der Waals surface area (Å²) < 4.78 is 58.3. The van der Waals surface area contributed by atoms with Crippen LogP contribution in [0.2, 0.25) is 5.02 Å². The number of hydrogen-bond donors (Lipinski definition) is 1. The molecular formula is C17H17ClF2N2O4S. The Morgan fingerprint density at radius 1 is 1.22 bits per heavy atom. The van der Waals surface area contributed by atoms with Gasteiger partial charge in [-0.3, -0.25) is 4.79 Å². The summed E-state index contributed by atoms with van der Waals surface area (Å²) >= 11 is 6.00. The van der Waals surface area contributed by atoms with Crippen LogP contribution < -0.4 is 10.1 Å². The number of hydrogen-bond acceptors (Lipinski definition) is 4. The van der Waals surface area contributed by atoms with Crippen molar-refractivity contribution in [3.63, 3.8) is 0 Å². The maximum atomic E-state index is 13.6. The highest BCUT2D eigenvalue weighted by atomic mass is 35.5. The highest BCUT2D eigenvalue weighted by Gasteiger charge is 2.24. The molecule has 0 spiro atoms. The molecule has 0 unspecified atom stereocenters. The fourth-order valence-corrected chi connectivity index (χ4v) is 3.63. The Kier molecular flexibility index (Phi) is 6.74. The molecule has 0 radical (unpaired) electrons. The van der Waals surface area contributed by atoms with Crippen molar-refractivity contribution in [1.82, 2.24) is 4.31 Å². The van der Waals surface area contributed by atoms with Crippen molar-refractivity contribution in [1.29, 1.82) is 0 Å². The van der Waals surface area contributed by atoms with Gasteiger partial charge in [-0.25, -0.2) is 17.2 Å². The molecule has 0 bridgehead atoms. The number of amides is 1. The van der Waals surface area contributed by atoms with Crippen LogP contribution in [0.4, 0.5) is 14.5 Å². The Balaban J connectivity index is 2.15. The summed E-state index contributed by atoms with van der Waals surface area (Å²) in [7, 11) is -2.89. The number of carbonyl (C=O) groups excluding carboxylic acids is 1. The van der Waals surface area contributed by atoms with Crippen molar-refractivity contribution < 1.29 is 26.7 Å². The molecule has 0 saturated heterocycles. The number of ether oxygens (including phenoxy) is 1. The molecule has 0 aliphatic heterocycles. The van der Waals surface area contributed by atoms with Crippen LogP contribution in [0.25, 0.3) is 0 Å². The normalized spacial score (nSPS) is 11.5. The van der Waals surface area contributed by atoms with E-state index in [1.807, 2.05) is 5.32 Å². The van der Waals surface area contributed by atoms with Crippen molar-refractivity contribution in [2.75, 3.05) is 25.5 Å². The van der Waals surface area contributed by atoms with E-state index in [0.717, 1.165) is 29.6 Å². The predicted octanol–water partition coefficient (Wildman–Crippen LogP) is 3.28. The van der Waals surface area contributed by atoms with Crippen molar-refractivity contribution in [2.45, 2.75) is 11.8 Å². The van der Waals surface area contributed by atoms with Crippen LogP contribution in [0.15, 0.2) is 41.3 Å². The van der Waals surface area contributed by atoms with Crippen molar-refractivity contribution >= 4 is 33.2 Å². The van der Waals surface area contributed by atoms with Crippen molar-refractivity contribution in [3.05, 3.63) is 53.1 Å². The number of para-hydroxylation sites is 1. The lowest BCUT2D eigenvalue weighted by Crippen LogP contribution is -2.35. The minimum absolute atomic E-state index is 0.101. The van der Waals surface area contributed by atoms with Crippen LogP contribution in [0, 0.1) is 11.6 Å². The van der Waals surface area contributed by atoms with Gasteiger partial charge in [0.1, 0.15) is 23.1 Å². The van der Waals surface area contributed by atoms with Crippen molar-refractivity contribution in [3.8, 4) is 5.75 Å². The van der Waals surface area contributed by atoms with Crippen LogP contribution in [-0.4, -0.2) is 38.8 Å². The van der Waals surface area contributed by atoms with Gasteiger partial charge in [0, 0.05) is 7.05 Å². The molecule has 10 heteroatoms. The minimum Gasteiger partial charge on any atom is -0.492 e. The molecule has 0 aliphatic rings. The SMILES string of the molecule is CCOc1ccc(S(=O)(=O)N(C)CC(=O)Nc2c(F)cccc2F)cc1Cl. The average molecular weight is 419 g/mol. The first-order valence-corrected chi connectivity index (χ1v) is 9.61. The zero-order valence-corrected chi connectivity index (χ0v) is 16.1. The number of benzene rings is 2. The number of sulfonamides is 1. The summed E-state index contributed by atoms with van der Waals surface area (Å²) in [6, 6.07) is 6.99. The summed E-state index contributed by atoms with van der Waals surface area (Å²) in [6.07, 6.45) is 0. The first kappa shape index (κ1) is 21.1. The number of likely N-dealkylation sites (N-methyl/N-ethyl adjacent to an activating group) is 1. The number of anilines is 1. The summed E-state index contributed by atoms with van der Waals surface area (Å²) in [6.45, 7) is 1.46. The van der Waals surface area contributed by atoms with Gasteiger partial charge < -0.3 is 10.1 Å². The Bertz CT molecular complexity index is 934. The van der Waals surface area contributed by atoms with E-state index in [2.05, 4.69) is 0 Å². The second kappa shape index (κ2) is 8.64. The molecular weight excluding hydrogens is 402 g/mol. The predicted molar refractivity (Wildman–Crippen MR) is 97.4 cm³/mol. The smallest absolute Gasteiger partial charge is 0.243 e. The summed E-state index contributed by atoms with van der Waals surface area (Å²) in [5.41, 5.74) is -0.641. The molecule has 2 aromatic rings. The Labute approximate surface area is 160 Å². The standard InChI is InChI=1S/C17H17ClF2N2O4S/c1-3-26-15-8-7-11(9-12(15)18)27(24,25)22(2)10-16(23)21-17-13(19)5-4-6-14(17)20/h4-9H,3,10H2,1-2H3,(H,21,23). The molecule has 0 fully saturated rings. The Hall–Kier alpha value is -2.23. The van der Waals surface area contributed by atoms with Crippen LogP contribution >= 0.6 is 11.6 Å². The Morgan fingerprint density at radius 3 is 2.41 bits per heavy atom. The van der Waals surface area contributed by atoms with E-state index in [4.69, 9.17) is 16.3 Å². The van der Waals surface area contributed by atoms with E-state index in [0.29, 0.717) is 12.4 Å². The lowest BCUT2D eigenvalue weighted by atomic mass is 10.3. The second-order valence-corrected chi connectivity index (χ2v) is 7.88. The van der Waals surface area contributed by atoms with Gasteiger partial charge in [-0.05, 0) is 37.3 Å². The molecule has 0 atom stereocenters. The van der Waals surface area contributed by atoms with Gasteiger partial charge in [0.05, 0.1) is 23.1 Å². The molecule has 2 rings (SSSR count). The molecule has 6 nitrogen and oxygen atoms in total. The molecule has 27 heavy (non-hydrogen) atoms. The first-order chi connectivity index (χ1) is 12.7. The van der Waals surface area contributed by atoms with Crippen molar-refractivity contribution in [2.24, 2.45) is 0 Å². The zero-order valence-electron chi connectivity index (χ0n) is 14.5. The highest BCUT2D eigenvalue weighted by Crippen LogP contribution is 2.28. The zero-order chi connectivity index (χ0) is 20.2. The van der Waals surface area contributed by atoms with E-state index < -0.39 is 39.8 Å². The average Bonchev–Trinajstić information content (AvgIpc) is 2.60. The lowest BCUT2D eigenvalue weighted by Gasteiger charge is -2.18. The summed E-state index contributed by atoms with van der Waals surface area (Å²) in [4.78, 5) is 11.9. The number of nitrogens with one attached hydrogen (secondary N) is 1.